The molecule has 0 aromatic heterocycles. The van der Waals surface area contributed by atoms with E-state index >= 15 is 0 Å². The molecule has 0 fully saturated rings. The first-order valence-corrected chi connectivity index (χ1v) is 4.36. The van der Waals surface area contributed by atoms with Gasteiger partial charge < -0.3 is 10.1 Å². The molecule has 0 bridgehead atoms. The summed E-state index contributed by atoms with van der Waals surface area (Å²) in [4.78, 5) is 11.4. The Labute approximate surface area is 74.5 Å². The van der Waals surface area contributed by atoms with Crippen LogP contribution in [0.4, 0.5) is 0 Å². The zero-order valence-electron chi connectivity index (χ0n) is 8.60. The average molecular weight is 173 g/mol. The number of nitrogens with one attached hydrogen (secondary N) is 1. The molecule has 0 aromatic rings. The second-order valence-electron chi connectivity index (χ2n) is 3.33. The van der Waals surface area contributed by atoms with E-state index in [0.29, 0.717) is 6.42 Å². The van der Waals surface area contributed by atoms with E-state index in [1.807, 2.05) is 27.7 Å². The molecule has 0 aliphatic heterocycles. The molecule has 0 rings (SSSR count). The first-order valence-electron chi connectivity index (χ1n) is 4.36. The van der Waals surface area contributed by atoms with Crippen LogP contribution < -0.4 is 5.32 Å². The maximum Gasteiger partial charge on any atom is 0.251 e. The van der Waals surface area contributed by atoms with Crippen LogP contribution in [0.3, 0.4) is 0 Å². The van der Waals surface area contributed by atoms with Gasteiger partial charge in [-0.15, -0.1) is 0 Å². The van der Waals surface area contributed by atoms with Crippen LogP contribution in [0.15, 0.2) is 0 Å². The van der Waals surface area contributed by atoms with Gasteiger partial charge in [-0.2, -0.15) is 0 Å². The summed E-state index contributed by atoms with van der Waals surface area (Å²) in [7, 11) is 1.62. The van der Waals surface area contributed by atoms with Gasteiger partial charge in [-0.1, -0.05) is 6.92 Å². The molecule has 0 aliphatic carbocycles. The van der Waals surface area contributed by atoms with Crippen LogP contribution in [0.1, 0.15) is 34.1 Å². The molecule has 12 heavy (non-hydrogen) atoms. The molecule has 72 valence electrons. The number of hydrogen-bond donors (Lipinski definition) is 1. The lowest BCUT2D eigenvalue weighted by Crippen LogP contribution is -2.46. The SMILES string of the molecule is CCC(C)(OC(C)C)C(=O)NC. The van der Waals surface area contributed by atoms with Gasteiger partial charge in [0.1, 0.15) is 5.60 Å². The van der Waals surface area contributed by atoms with Crippen LogP contribution in [0.5, 0.6) is 0 Å². The van der Waals surface area contributed by atoms with Crippen molar-refractivity contribution in [1.29, 1.82) is 0 Å². The minimum atomic E-state index is -0.678. The Morgan fingerprint density at radius 2 is 2.08 bits per heavy atom. The Morgan fingerprint density at radius 1 is 1.58 bits per heavy atom. The molecular formula is C9H19NO2. The Hall–Kier alpha value is -0.570. The van der Waals surface area contributed by atoms with Gasteiger partial charge in [0.25, 0.3) is 5.91 Å². The highest BCUT2D eigenvalue weighted by atomic mass is 16.5. The van der Waals surface area contributed by atoms with Crippen LogP contribution in [0, 0.1) is 0 Å². The monoisotopic (exact) mass is 173 g/mol. The Kier molecular flexibility index (Phi) is 4.24. The van der Waals surface area contributed by atoms with Gasteiger partial charge in [-0.25, -0.2) is 0 Å². The summed E-state index contributed by atoms with van der Waals surface area (Å²) in [6.45, 7) is 7.61. The van der Waals surface area contributed by atoms with E-state index in [4.69, 9.17) is 4.74 Å². The number of amides is 1. The normalized spacial score (nSPS) is 15.8. The molecular weight excluding hydrogens is 154 g/mol. The number of likely N-dealkylation sites (N-methyl/N-ethyl adjacent to an activating group) is 1. The minimum absolute atomic E-state index is 0.0568. The maximum atomic E-state index is 11.4. The molecule has 0 heterocycles. The number of carbonyl (C=O) groups excluding carboxylic acids is 1. The van der Waals surface area contributed by atoms with Gasteiger partial charge in [0.2, 0.25) is 0 Å². The third-order valence-corrected chi connectivity index (χ3v) is 1.88. The molecule has 1 atom stereocenters. The van der Waals surface area contributed by atoms with Crippen molar-refractivity contribution in [3.8, 4) is 0 Å². The molecule has 3 heteroatoms. The highest BCUT2D eigenvalue weighted by Crippen LogP contribution is 2.17. The molecule has 0 spiro atoms. The van der Waals surface area contributed by atoms with E-state index in [1.165, 1.54) is 0 Å². The number of carbonyl (C=O) groups is 1. The predicted octanol–water partition coefficient (Wildman–Crippen LogP) is 1.33. The molecule has 1 amide bonds. The second-order valence-corrected chi connectivity index (χ2v) is 3.33. The highest BCUT2D eigenvalue weighted by molar-refractivity contribution is 5.84. The van der Waals surface area contributed by atoms with Crippen molar-refractivity contribution >= 4 is 5.91 Å². The van der Waals surface area contributed by atoms with Crippen molar-refractivity contribution < 1.29 is 9.53 Å². The summed E-state index contributed by atoms with van der Waals surface area (Å²) < 4.78 is 5.53. The topological polar surface area (TPSA) is 38.3 Å². The summed E-state index contributed by atoms with van der Waals surface area (Å²) >= 11 is 0. The molecule has 0 aliphatic rings. The summed E-state index contributed by atoms with van der Waals surface area (Å²) in [6.07, 6.45) is 0.762. The maximum absolute atomic E-state index is 11.4. The van der Waals surface area contributed by atoms with Crippen molar-refractivity contribution in [2.45, 2.75) is 45.8 Å². The van der Waals surface area contributed by atoms with E-state index in [0.717, 1.165) is 0 Å². The van der Waals surface area contributed by atoms with E-state index in [-0.39, 0.29) is 12.0 Å². The fourth-order valence-corrected chi connectivity index (χ4v) is 1.08. The summed E-state index contributed by atoms with van der Waals surface area (Å²) in [6, 6.07) is 0. The van der Waals surface area contributed by atoms with Gasteiger partial charge >= 0.3 is 0 Å². The van der Waals surface area contributed by atoms with E-state index < -0.39 is 5.60 Å². The lowest BCUT2D eigenvalue weighted by molar-refractivity contribution is -0.150. The average Bonchev–Trinajstić information content (AvgIpc) is 2.01. The van der Waals surface area contributed by atoms with E-state index in [2.05, 4.69) is 5.32 Å². The standard InChI is InChI=1S/C9H19NO2/c1-6-9(4,8(11)10-5)12-7(2)3/h7H,6H2,1-5H3,(H,10,11). The van der Waals surface area contributed by atoms with Crippen LogP contribution in [0.2, 0.25) is 0 Å². The zero-order valence-corrected chi connectivity index (χ0v) is 8.60. The first kappa shape index (κ1) is 11.4. The van der Waals surface area contributed by atoms with Gasteiger partial charge in [-0.05, 0) is 27.2 Å². The fraction of sp³-hybridized carbons (Fsp3) is 0.889. The van der Waals surface area contributed by atoms with E-state index in [1.54, 1.807) is 7.05 Å². The lowest BCUT2D eigenvalue weighted by atomic mass is 10.0. The number of rotatable bonds is 4. The number of hydrogen-bond acceptors (Lipinski definition) is 2. The fourth-order valence-electron chi connectivity index (χ4n) is 1.08. The first-order chi connectivity index (χ1) is 5.46. The van der Waals surface area contributed by atoms with Gasteiger partial charge in [0.15, 0.2) is 0 Å². The molecule has 0 saturated carbocycles. The zero-order chi connectivity index (χ0) is 9.78. The van der Waals surface area contributed by atoms with Gasteiger partial charge in [-0.3, -0.25) is 4.79 Å². The third-order valence-electron chi connectivity index (χ3n) is 1.88. The van der Waals surface area contributed by atoms with Crippen molar-refractivity contribution in [2.24, 2.45) is 0 Å². The number of ether oxygens (including phenoxy) is 1. The Bertz CT molecular complexity index is 157. The predicted molar refractivity (Wildman–Crippen MR) is 49.0 cm³/mol. The van der Waals surface area contributed by atoms with Crippen molar-refractivity contribution in [2.75, 3.05) is 7.05 Å². The van der Waals surface area contributed by atoms with Gasteiger partial charge in [0, 0.05) is 7.05 Å². The van der Waals surface area contributed by atoms with Crippen LogP contribution in [-0.4, -0.2) is 24.7 Å². The molecule has 0 aromatic carbocycles. The Morgan fingerprint density at radius 3 is 2.33 bits per heavy atom. The molecule has 3 nitrogen and oxygen atoms in total. The highest BCUT2D eigenvalue weighted by Gasteiger charge is 2.32. The summed E-state index contributed by atoms with van der Waals surface area (Å²) in [5.41, 5.74) is -0.678. The lowest BCUT2D eigenvalue weighted by Gasteiger charge is -2.28. The smallest absolute Gasteiger partial charge is 0.251 e. The van der Waals surface area contributed by atoms with E-state index in [9.17, 15) is 4.79 Å². The van der Waals surface area contributed by atoms with Crippen molar-refractivity contribution in [1.82, 2.24) is 5.32 Å². The largest absolute Gasteiger partial charge is 0.363 e. The molecule has 1 N–H and O–H groups in total. The molecule has 1 unspecified atom stereocenters. The Balaban J connectivity index is 4.33. The molecule has 0 radical (unpaired) electrons. The van der Waals surface area contributed by atoms with Crippen LogP contribution in [0.25, 0.3) is 0 Å². The quantitative estimate of drug-likeness (QED) is 0.696. The summed E-state index contributed by atoms with van der Waals surface area (Å²) in [5, 5.41) is 2.60. The van der Waals surface area contributed by atoms with Crippen LogP contribution in [-0.2, 0) is 9.53 Å². The van der Waals surface area contributed by atoms with Crippen LogP contribution >= 0.6 is 0 Å². The summed E-state index contributed by atoms with van der Waals surface area (Å²) in [5.74, 6) is -0.0568. The minimum Gasteiger partial charge on any atom is -0.363 e. The van der Waals surface area contributed by atoms with Crippen molar-refractivity contribution in [3.63, 3.8) is 0 Å². The molecule has 0 saturated heterocycles. The van der Waals surface area contributed by atoms with Gasteiger partial charge in [0.05, 0.1) is 6.10 Å². The third kappa shape index (κ3) is 2.81. The second kappa shape index (κ2) is 4.45. The van der Waals surface area contributed by atoms with Crippen molar-refractivity contribution in [3.05, 3.63) is 0 Å².